The molecule has 0 saturated carbocycles. The second-order valence-corrected chi connectivity index (χ2v) is 3.86. The summed E-state index contributed by atoms with van der Waals surface area (Å²) in [5.74, 6) is 0.521. The van der Waals surface area contributed by atoms with Crippen LogP contribution in [0.25, 0.3) is 0 Å². The number of hydrogen-bond acceptors (Lipinski definition) is 1. The van der Waals surface area contributed by atoms with E-state index in [1.807, 2.05) is 13.0 Å². The van der Waals surface area contributed by atoms with E-state index in [4.69, 9.17) is 0 Å². The molecule has 13 heavy (non-hydrogen) atoms. The summed E-state index contributed by atoms with van der Waals surface area (Å²) in [4.78, 5) is 11.6. The fraction of sp³-hybridized carbons (Fsp3) is 0.333. The van der Waals surface area contributed by atoms with E-state index in [0.29, 0.717) is 6.42 Å². The molecule has 1 aromatic rings. The van der Waals surface area contributed by atoms with Gasteiger partial charge in [-0.15, -0.1) is 0 Å². The number of carbonyl (C=O) groups is 1. The minimum absolute atomic E-state index is 0.255. The maximum absolute atomic E-state index is 11.6. The summed E-state index contributed by atoms with van der Waals surface area (Å²) in [7, 11) is 0. The van der Waals surface area contributed by atoms with Crippen LogP contribution in [-0.4, -0.2) is 5.78 Å². The molecule has 1 atom stereocenters. The van der Waals surface area contributed by atoms with Crippen LogP contribution >= 0.6 is 0 Å². The van der Waals surface area contributed by atoms with E-state index >= 15 is 0 Å². The lowest BCUT2D eigenvalue weighted by Crippen LogP contribution is -2.18. The molecule has 1 radical (unpaired) electrons. The number of carbonyl (C=O) groups excluding carboxylic acids is 1. The van der Waals surface area contributed by atoms with Gasteiger partial charge in [0.2, 0.25) is 0 Å². The molecule has 0 bridgehead atoms. The Morgan fingerprint density at radius 2 is 2.15 bits per heavy atom. The Balaban J connectivity index is 2.49. The van der Waals surface area contributed by atoms with Gasteiger partial charge in [-0.1, -0.05) is 17.7 Å². The number of Topliss-reactive ketones (excluding diaryl/α,β-unsaturated/α-hetero) is 1. The van der Waals surface area contributed by atoms with Crippen LogP contribution in [0, 0.1) is 19.8 Å². The molecular formula is C12H13O. The maximum atomic E-state index is 11.6. The number of hydrogen-bond donors (Lipinski definition) is 0. The fourth-order valence-electron chi connectivity index (χ4n) is 1.88. The molecule has 0 saturated heterocycles. The molecule has 0 heterocycles. The zero-order chi connectivity index (χ0) is 9.42. The first-order valence-corrected chi connectivity index (χ1v) is 4.62. The van der Waals surface area contributed by atoms with Crippen LogP contribution in [0.4, 0.5) is 0 Å². The summed E-state index contributed by atoms with van der Waals surface area (Å²) in [5, 5.41) is 0. The molecule has 0 aliphatic heterocycles. The molecule has 1 aliphatic rings. The largest absolute Gasteiger partial charge is 0.294 e. The van der Waals surface area contributed by atoms with Crippen LogP contribution in [-0.2, 0) is 6.42 Å². The lowest BCUT2D eigenvalue weighted by molar-refractivity contribution is 0.0958. The van der Waals surface area contributed by atoms with E-state index in [2.05, 4.69) is 19.1 Å². The summed E-state index contributed by atoms with van der Waals surface area (Å²) in [6.07, 6.45) is 1.55. The van der Waals surface area contributed by atoms with Crippen LogP contribution < -0.4 is 0 Å². The lowest BCUT2D eigenvalue weighted by atomic mass is 9.83. The van der Waals surface area contributed by atoms with Gasteiger partial charge >= 0.3 is 0 Å². The van der Waals surface area contributed by atoms with Crippen molar-refractivity contribution < 1.29 is 4.79 Å². The van der Waals surface area contributed by atoms with Crippen molar-refractivity contribution in [2.75, 3.05) is 0 Å². The zero-order valence-electron chi connectivity index (χ0n) is 7.84. The first-order valence-electron chi connectivity index (χ1n) is 4.62. The quantitative estimate of drug-likeness (QED) is 0.589. The molecule has 0 amide bonds. The molecular weight excluding hydrogens is 160 g/mol. The first kappa shape index (κ1) is 8.49. The van der Waals surface area contributed by atoms with Crippen LogP contribution in [0.15, 0.2) is 18.2 Å². The van der Waals surface area contributed by atoms with E-state index in [9.17, 15) is 4.79 Å². The monoisotopic (exact) mass is 173 g/mol. The molecule has 1 heteroatoms. The van der Waals surface area contributed by atoms with Crippen molar-refractivity contribution in [3.8, 4) is 0 Å². The van der Waals surface area contributed by atoms with Gasteiger partial charge in [0, 0.05) is 12.0 Å². The molecule has 1 aromatic carbocycles. The third kappa shape index (κ3) is 1.51. The summed E-state index contributed by atoms with van der Waals surface area (Å²) >= 11 is 0. The third-order valence-electron chi connectivity index (χ3n) is 2.55. The van der Waals surface area contributed by atoms with Crippen LogP contribution in [0.1, 0.15) is 27.9 Å². The van der Waals surface area contributed by atoms with Crippen molar-refractivity contribution in [2.24, 2.45) is 5.92 Å². The Labute approximate surface area is 78.8 Å². The molecule has 2 rings (SSSR count). The number of ketones is 1. The Hall–Kier alpha value is -1.11. The standard InChI is InChI=1S/C12H13O/c1-8-3-4-10-5-9(2)7-12(13)11(10)6-8/h3-4,6,9H,2,5,7H2,1H3. The Kier molecular flexibility index (Phi) is 1.95. The average Bonchev–Trinajstić information content (AvgIpc) is 2.06. The van der Waals surface area contributed by atoms with Gasteiger partial charge < -0.3 is 0 Å². The Bertz CT molecular complexity index is 352. The predicted molar refractivity (Wildman–Crippen MR) is 52.7 cm³/mol. The summed E-state index contributed by atoms with van der Waals surface area (Å²) in [6, 6.07) is 6.10. The topological polar surface area (TPSA) is 17.1 Å². The number of fused-ring (bicyclic) bond motifs is 1. The normalized spacial score (nSPS) is 21.4. The van der Waals surface area contributed by atoms with Gasteiger partial charge in [-0.05, 0) is 37.8 Å². The van der Waals surface area contributed by atoms with Crippen molar-refractivity contribution in [3.05, 3.63) is 41.8 Å². The third-order valence-corrected chi connectivity index (χ3v) is 2.55. The average molecular weight is 173 g/mol. The highest BCUT2D eigenvalue weighted by Gasteiger charge is 2.21. The summed E-state index contributed by atoms with van der Waals surface area (Å²) in [6.45, 7) is 5.97. The second-order valence-electron chi connectivity index (χ2n) is 3.86. The molecule has 0 spiro atoms. The SMILES string of the molecule is [CH2]C1CC(=O)c2cc(C)ccc2C1. The number of rotatable bonds is 0. The molecule has 0 fully saturated rings. The number of aryl methyl sites for hydroxylation is 1. The van der Waals surface area contributed by atoms with Crippen molar-refractivity contribution >= 4 is 5.78 Å². The first-order chi connectivity index (χ1) is 6.16. The van der Waals surface area contributed by atoms with Crippen molar-refractivity contribution in [3.63, 3.8) is 0 Å². The highest BCUT2D eigenvalue weighted by atomic mass is 16.1. The van der Waals surface area contributed by atoms with Crippen LogP contribution in [0.3, 0.4) is 0 Å². The molecule has 0 N–H and O–H groups in total. The molecule has 0 aromatic heterocycles. The minimum atomic E-state index is 0.255. The van der Waals surface area contributed by atoms with E-state index < -0.39 is 0 Å². The van der Waals surface area contributed by atoms with Gasteiger partial charge in [-0.3, -0.25) is 4.79 Å². The molecule has 1 nitrogen and oxygen atoms in total. The Morgan fingerprint density at radius 1 is 1.38 bits per heavy atom. The second kappa shape index (κ2) is 2.99. The van der Waals surface area contributed by atoms with Crippen LogP contribution in [0.2, 0.25) is 0 Å². The van der Waals surface area contributed by atoms with Gasteiger partial charge in [-0.2, -0.15) is 0 Å². The molecule has 1 aliphatic carbocycles. The predicted octanol–water partition coefficient (Wildman–Crippen LogP) is 2.57. The summed E-state index contributed by atoms with van der Waals surface area (Å²) in [5.41, 5.74) is 3.25. The van der Waals surface area contributed by atoms with E-state index in [1.54, 1.807) is 0 Å². The van der Waals surface area contributed by atoms with Gasteiger partial charge in [0.25, 0.3) is 0 Å². The Morgan fingerprint density at radius 3 is 2.92 bits per heavy atom. The molecule has 67 valence electrons. The van der Waals surface area contributed by atoms with E-state index in [-0.39, 0.29) is 11.7 Å². The minimum Gasteiger partial charge on any atom is -0.294 e. The number of benzene rings is 1. The van der Waals surface area contributed by atoms with Gasteiger partial charge in [0.05, 0.1) is 0 Å². The maximum Gasteiger partial charge on any atom is 0.163 e. The summed E-state index contributed by atoms with van der Waals surface area (Å²) < 4.78 is 0. The van der Waals surface area contributed by atoms with Gasteiger partial charge in [0.1, 0.15) is 0 Å². The zero-order valence-corrected chi connectivity index (χ0v) is 7.84. The van der Waals surface area contributed by atoms with Crippen molar-refractivity contribution in [1.82, 2.24) is 0 Å². The van der Waals surface area contributed by atoms with Crippen LogP contribution in [0.5, 0.6) is 0 Å². The van der Waals surface area contributed by atoms with E-state index in [1.165, 1.54) is 5.56 Å². The smallest absolute Gasteiger partial charge is 0.163 e. The van der Waals surface area contributed by atoms with Crippen molar-refractivity contribution in [1.29, 1.82) is 0 Å². The van der Waals surface area contributed by atoms with Gasteiger partial charge in [-0.25, -0.2) is 0 Å². The van der Waals surface area contributed by atoms with Crippen molar-refractivity contribution in [2.45, 2.75) is 19.8 Å². The highest BCUT2D eigenvalue weighted by Crippen LogP contribution is 2.25. The fourth-order valence-corrected chi connectivity index (χ4v) is 1.88. The lowest BCUT2D eigenvalue weighted by Gasteiger charge is -2.20. The highest BCUT2D eigenvalue weighted by molar-refractivity contribution is 5.98. The molecule has 1 unspecified atom stereocenters. The van der Waals surface area contributed by atoms with E-state index in [0.717, 1.165) is 17.5 Å². The van der Waals surface area contributed by atoms with Gasteiger partial charge in [0.15, 0.2) is 5.78 Å².